The summed E-state index contributed by atoms with van der Waals surface area (Å²) in [5, 5.41) is 37.8. The monoisotopic (exact) mass is 242 g/mol. The number of nitrogens with zero attached hydrogens (tertiary/aromatic N) is 1. The number of carbonyl (C=O) groups is 1. The third-order valence-corrected chi connectivity index (χ3v) is 2.07. The van der Waals surface area contributed by atoms with Crippen molar-refractivity contribution in [1.82, 2.24) is 10.8 Å². The zero-order chi connectivity index (χ0) is 13.0. The fourth-order valence-electron chi connectivity index (χ4n) is 1.29. The molecule has 17 heavy (non-hydrogen) atoms. The number of carboxylic acids is 1. The van der Waals surface area contributed by atoms with Gasteiger partial charge in [-0.1, -0.05) is 0 Å². The molecule has 0 amide bonds. The molecule has 1 rings (SSSR count). The summed E-state index contributed by atoms with van der Waals surface area (Å²) in [5.41, 5.74) is 0.979. The van der Waals surface area contributed by atoms with Crippen LogP contribution in [0.15, 0.2) is 23.5 Å². The number of carboxylic acid groups (broad SMARTS) is 1. The minimum atomic E-state index is -1.14. The van der Waals surface area contributed by atoms with Gasteiger partial charge in [-0.25, -0.2) is 0 Å². The van der Waals surface area contributed by atoms with Crippen molar-refractivity contribution in [3.63, 3.8) is 0 Å². The van der Waals surface area contributed by atoms with E-state index in [1.165, 1.54) is 6.08 Å². The predicted octanol–water partition coefficient (Wildman–Crippen LogP) is -0.914. The van der Waals surface area contributed by atoms with E-state index in [0.717, 1.165) is 6.08 Å². The summed E-state index contributed by atoms with van der Waals surface area (Å²) in [5.74, 6) is -1.13. The number of nitrogens with one attached hydrogen (secondary N) is 3. The summed E-state index contributed by atoms with van der Waals surface area (Å²) in [6, 6.07) is -1.14. The largest absolute Gasteiger partial charge is 0.480 e. The second-order valence-electron chi connectivity index (χ2n) is 3.15. The smallest absolute Gasteiger partial charge is 0.322 e. The molecule has 1 atom stereocenters. The van der Waals surface area contributed by atoms with Crippen molar-refractivity contribution in [1.29, 1.82) is 5.41 Å². The standard InChI is InChI=1S/C8H10N4O5/c9-7-5(12(16)17)2-1-4(8(7)11-15)10-3-6(13)14/h1-2,8-11,15H,3H2,(H,13,14). The van der Waals surface area contributed by atoms with E-state index in [9.17, 15) is 14.9 Å². The molecule has 0 aromatic rings. The molecule has 9 nitrogen and oxygen atoms in total. The number of hydrogen-bond donors (Lipinski definition) is 5. The summed E-state index contributed by atoms with van der Waals surface area (Å²) in [4.78, 5) is 20.1. The maximum absolute atomic E-state index is 10.5. The Hall–Kier alpha value is -2.26. The normalized spacial score (nSPS) is 19.4. The van der Waals surface area contributed by atoms with E-state index in [1.807, 2.05) is 0 Å². The van der Waals surface area contributed by atoms with Gasteiger partial charge in [-0.15, -0.1) is 0 Å². The van der Waals surface area contributed by atoms with Crippen LogP contribution in [0.2, 0.25) is 0 Å². The van der Waals surface area contributed by atoms with Gasteiger partial charge in [0.05, 0.1) is 4.92 Å². The molecule has 0 spiro atoms. The molecule has 1 aliphatic rings. The second kappa shape index (κ2) is 5.18. The van der Waals surface area contributed by atoms with Gasteiger partial charge in [0.1, 0.15) is 18.3 Å². The maximum Gasteiger partial charge on any atom is 0.322 e. The highest BCUT2D eigenvalue weighted by Gasteiger charge is 2.31. The van der Waals surface area contributed by atoms with Gasteiger partial charge in [-0.2, -0.15) is 5.48 Å². The highest BCUT2D eigenvalue weighted by atomic mass is 16.6. The number of aliphatic carboxylic acids is 1. The third-order valence-electron chi connectivity index (χ3n) is 2.07. The molecule has 0 radical (unpaired) electrons. The van der Waals surface area contributed by atoms with Gasteiger partial charge in [0.25, 0.3) is 5.70 Å². The van der Waals surface area contributed by atoms with E-state index < -0.39 is 34.9 Å². The van der Waals surface area contributed by atoms with Crippen molar-refractivity contribution in [3.05, 3.63) is 33.7 Å². The van der Waals surface area contributed by atoms with Crippen LogP contribution in [-0.4, -0.2) is 39.5 Å². The van der Waals surface area contributed by atoms with Crippen LogP contribution in [0, 0.1) is 15.5 Å². The topological polar surface area (TPSA) is 149 Å². The zero-order valence-corrected chi connectivity index (χ0v) is 8.51. The van der Waals surface area contributed by atoms with E-state index in [2.05, 4.69) is 5.32 Å². The van der Waals surface area contributed by atoms with Crippen molar-refractivity contribution in [3.8, 4) is 0 Å². The molecular weight excluding hydrogens is 232 g/mol. The average molecular weight is 242 g/mol. The predicted molar refractivity (Wildman–Crippen MR) is 55.2 cm³/mol. The Bertz CT molecular complexity index is 428. The molecule has 0 heterocycles. The van der Waals surface area contributed by atoms with Crippen LogP contribution < -0.4 is 10.8 Å². The zero-order valence-electron chi connectivity index (χ0n) is 8.51. The van der Waals surface area contributed by atoms with Crippen molar-refractivity contribution in [2.75, 3.05) is 6.54 Å². The molecule has 1 aliphatic carbocycles. The van der Waals surface area contributed by atoms with Crippen LogP contribution in [-0.2, 0) is 4.79 Å². The quantitative estimate of drug-likeness (QED) is 0.309. The molecular formula is C8H10N4O5. The first-order valence-corrected chi connectivity index (χ1v) is 4.47. The summed E-state index contributed by atoms with van der Waals surface area (Å²) >= 11 is 0. The second-order valence-corrected chi connectivity index (χ2v) is 3.15. The van der Waals surface area contributed by atoms with E-state index in [1.54, 1.807) is 5.48 Å². The number of rotatable bonds is 5. The van der Waals surface area contributed by atoms with Crippen LogP contribution in [0.5, 0.6) is 0 Å². The third kappa shape index (κ3) is 2.86. The van der Waals surface area contributed by atoms with Crippen molar-refractivity contribution < 1.29 is 20.0 Å². The molecule has 0 saturated carbocycles. The molecule has 0 aromatic heterocycles. The van der Waals surface area contributed by atoms with Crippen molar-refractivity contribution >= 4 is 11.7 Å². The summed E-state index contributed by atoms with van der Waals surface area (Å²) in [6.07, 6.45) is 2.31. The Balaban J connectivity index is 2.92. The van der Waals surface area contributed by atoms with Crippen molar-refractivity contribution in [2.24, 2.45) is 0 Å². The van der Waals surface area contributed by atoms with E-state index >= 15 is 0 Å². The molecule has 0 aromatic carbocycles. The van der Waals surface area contributed by atoms with Crippen LogP contribution in [0.1, 0.15) is 0 Å². The molecule has 1 unspecified atom stereocenters. The molecule has 5 N–H and O–H groups in total. The van der Waals surface area contributed by atoms with Crippen LogP contribution >= 0.6 is 0 Å². The van der Waals surface area contributed by atoms with Crippen molar-refractivity contribution in [2.45, 2.75) is 6.04 Å². The van der Waals surface area contributed by atoms with Gasteiger partial charge in [-0.3, -0.25) is 20.3 Å². The average Bonchev–Trinajstić information content (AvgIpc) is 2.25. The fraction of sp³-hybridized carbons (Fsp3) is 0.250. The lowest BCUT2D eigenvalue weighted by molar-refractivity contribution is -0.415. The summed E-state index contributed by atoms with van der Waals surface area (Å²) < 4.78 is 0. The Labute approximate surface area is 95.1 Å². The Morgan fingerprint density at radius 2 is 2.24 bits per heavy atom. The minimum absolute atomic E-state index is 0.172. The van der Waals surface area contributed by atoms with E-state index in [-0.39, 0.29) is 5.70 Å². The van der Waals surface area contributed by atoms with Gasteiger partial charge in [-0.05, 0) is 6.08 Å². The van der Waals surface area contributed by atoms with E-state index in [4.69, 9.17) is 15.7 Å². The van der Waals surface area contributed by atoms with Gasteiger partial charge in [0, 0.05) is 11.8 Å². The van der Waals surface area contributed by atoms with E-state index in [0.29, 0.717) is 0 Å². The summed E-state index contributed by atoms with van der Waals surface area (Å²) in [6.45, 7) is -0.418. The first kappa shape index (κ1) is 12.8. The lowest BCUT2D eigenvalue weighted by atomic mass is 10.0. The molecule has 0 saturated heterocycles. The maximum atomic E-state index is 10.5. The Morgan fingerprint density at radius 1 is 1.59 bits per heavy atom. The molecule has 0 bridgehead atoms. The van der Waals surface area contributed by atoms with Crippen LogP contribution in [0.3, 0.4) is 0 Å². The van der Waals surface area contributed by atoms with Gasteiger partial charge >= 0.3 is 5.97 Å². The minimum Gasteiger partial charge on any atom is -0.480 e. The lowest BCUT2D eigenvalue weighted by Crippen LogP contribution is -2.45. The summed E-state index contributed by atoms with van der Waals surface area (Å²) in [7, 11) is 0. The highest BCUT2D eigenvalue weighted by Crippen LogP contribution is 2.14. The van der Waals surface area contributed by atoms with Crippen LogP contribution in [0.4, 0.5) is 0 Å². The van der Waals surface area contributed by atoms with Gasteiger partial charge < -0.3 is 15.6 Å². The molecule has 9 heteroatoms. The lowest BCUT2D eigenvalue weighted by Gasteiger charge is -2.21. The number of hydrogen-bond acceptors (Lipinski definition) is 7. The fourth-order valence-corrected chi connectivity index (χ4v) is 1.29. The first-order valence-electron chi connectivity index (χ1n) is 4.47. The Kier molecular flexibility index (Phi) is 3.91. The van der Waals surface area contributed by atoms with Gasteiger partial charge in [0.15, 0.2) is 0 Å². The molecule has 0 fully saturated rings. The SMILES string of the molecule is N=C1C([N+](=O)[O-])=CC=C(NCC(=O)O)C1NO. The number of nitro groups is 1. The number of hydroxylamine groups is 1. The molecule has 92 valence electrons. The van der Waals surface area contributed by atoms with Gasteiger partial charge in [0.2, 0.25) is 0 Å². The highest BCUT2D eigenvalue weighted by molar-refractivity contribution is 6.03. The Morgan fingerprint density at radius 3 is 2.71 bits per heavy atom. The molecule has 0 aliphatic heterocycles. The number of allylic oxidation sites excluding steroid dienone is 2. The van der Waals surface area contributed by atoms with Crippen LogP contribution in [0.25, 0.3) is 0 Å². The first-order chi connectivity index (χ1) is 7.97.